The lowest BCUT2D eigenvalue weighted by Gasteiger charge is -2.45. The molecular weight excluding hydrogens is 574 g/mol. The minimum Gasteiger partial charge on any atom is -0.459 e. The first kappa shape index (κ1) is 30.7. The number of hydrogen-bond donors (Lipinski definition) is 2. The van der Waals surface area contributed by atoms with Crippen LogP contribution >= 0.6 is 11.9 Å². The number of hydrogen-bond acceptors (Lipinski definition) is 10. The molecule has 2 fully saturated rings. The molecule has 3 heterocycles. The van der Waals surface area contributed by atoms with Gasteiger partial charge in [-0.25, -0.2) is 18.1 Å². The molecule has 3 aliphatic rings. The predicted molar refractivity (Wildman–Crippen MR) is 163 cm³/mol. The van der Waals surface area contributed by atoms with Crippen molar-refractivity contribution in [1.82, 2.24) is 9.29 Å². The summed E-state index contributed by atoms with van der Waals surface area (Å²) in [6.45, 7) is 3.01. The largest absolute Gasteiger partial charge is 0.459 e. The van der Waals surface area contributed by atoms with Crippen molar-refractivity contribution in [2.24, 2.45) is 16.3 Å². The van der Waals surface area contributed by atoms with Crippen LogP contribution in [0, 0.1) is 28.0 Å². The van der Waals surface area contributed by atoms with Crippen LogP contribution in [0.2, 0.25) is 0 Å². The maximum atomic E-state index is 13.8. The lowest BCUT2D eigenvalue weighted by atomic mass is 9.65. The Morgan fingerprint density at radius 3 is 2.67 bits per heavy atom. The van der Waals surface area contributed by atoms with E-state index < -0.39 is 23.5 Å². The highest BCUT2D eigenvalue weighted by Gasteiger charge is 2.51. The number of halogens is 2. The Bertz CT molecular complexity index is 1450. The third kappa shape index (κ3) is 7.24. The number of anilines is 1. The second kappa shape index (κ2) is 13.3. The molecule has 0 amide bonds. The zero-order valence-electron chi connectivity index (χ0n) is 23.9. The third-order valence-electron chi connectivity index (χ3n) is 7.89. The summed E-state index contributed by atoms with van der Waals surface area (Å²) in [6.07, 6.45) is 5.23. The van der Waals surface area contributed by atoms with Crippen molar-refractivity contribution in [1.29, 1.82) is 10.8 Å². The van der Waals surface area contributed by atoms with Gasteiger partial charge in [0.2, 0.25) is 0 Å². The molecule has 2 saturated heterocycles. The lowest BCUT2D eigenvalue weighted by molar-refractivity contribution is -0.154. The van der Waals surface area contributed by atoms with Gasteiger partial charge in [-0.1, -0.05) is 0 Å². The SMILES string of the molecule is CC(=O)CC(=N)COC(=O)C12CC(C=N)C(=Nc3ccc(F)cc3)C=C1CCN(Sc1ccc(N3CCC(F)C3)nc1)C2. The molecule has 5 rings (SSSR count). The summed E-state index contributed by atoms with van der Waals surface area (Å²) in [5.41, 5.74) is 0.918. The van der Waals surface area contributed by atoms with E-state index in [2.05, 4.69) is 14.3 Å². The molecule has 0 spiro atoms. The number of rotatable bonds is 10. The highest BCUT2D eigenvalue weighted by atomic mass is 32.2. The van der Waals surface area contributed by atoms with Crippen LogP contribution in [0.15, 0.2) is 64.1 Å². The number of fused-ring (bicyclic) bond motifs is 1. The zero-order valence-corrected chi connectivity index (χ0v) is 24.7. The maximum absolute atomic E-state index is 13.8. The molecular formula is C31H34F2N6O3S. The van der Waals surface area contributed by atoms with E-state index in [1.807, 2.05) is 23.1 Å². The van der Waals surface area contributed by atoms with Gasteiger partial charge in [0, 0.05) is 55.0 Å². The minimum absolute atomic E-state index is 0.0195. The number of piperidine rings is 1. The highest BCUT2D eigenvalue weighted by Crippen LogP contribution is 2.47. The summed E-state index contributed by atoms with van der Waals surface area (Å²) in [4.78, 5) is 37.3. The number of nitrogens with zero attached hydrogens (tertiary/aromatic N) is 4. The van der Waals surface area contributed by atoms with Crippen LogP contribution in [0.3, 0.4) is 0 Å². The smallest absolute Gasteiger partial charge is 0.317 e. The zero-order chi connectivity index (χ0) is 30.6. The number of aliphatic imine (C=N–C) groups is 1. The van der Waals surface area contributed by atoms with Crippen LogP contribution in [-0.2, 0) is 14.3 Å². The summed E-state index contributed by atoms with van der Waals surface area (Å²) in [5, 5.41) is 16.2. The molecule has 1 aliphatic carbocycles. The molecule has 2 aromatic rings. The molecule has 2 N–H and O–H groups in total. The number of ether oxygens (including phenoxy) is 1. The molecule has 0 saturated carbocycles. The maximum Gasteiger partial charge on any atom is 0.317 e. The standard InChI is InChI=1S/C31H34F2N6O3S/c1-20(40)12-25(35)18-42-30(41)31-14-21(15-34)28(37-26-4-2-23(32)3-5-26)13-22(31)8-11-39(19-31)43-27-6-7-29(36-16-27)38-10-9-24(33)17-38/h2-7,13,15-16,21,24,34-35H,8-12,14,17-19H2,1H3. The quantitative estimate of drug-likeness (QED) is 0.211. The molecule has 1 aromatic heterocycles. The van der Waals surface area contributed by atoms with E-state index in [-0.39, 0.29) is 36.8 Å². The number of benzene rings is 1. The Morgan fingerprint density at radius 2 is 2.02 bits per heavy atom. The predicted octanol–water partition coefficient (Wildman–Crippen LogP) is 5.38. The van der Waals surface area contributed by atoms with Crippen molar-refractivity contribution < 1.29 is 23.1 Å². The monoisotopic (exact) mass is 608 g/mol. The van der Waals surface area contributed by atoms with Gasteiger partial charge in [0.05, 0.1) is 17.9 Å². The first-order chi connectivity index (χ1) is 20.6. The van der Waals surface area contributed by atoms with E-state index in [9.17, 15) is 18.4 Å². The summed E-state index contributed by atoms with van der Waals surface area (Å²) in [7, 11) is 0. The fourth-order valence-corrected chi connectivity index (χ4v) is 6.74. The van der Waals surface area contributed by atoms with E-state index in [0.29, 0.717) is 50.4 Å². The van der Waals surface area contributed by atoms with Crippen LogP contribution in [0.25, 0.3) is 0 Å². The van der Waals surface area contributed by atoms with Gasteiger partial charge in [-0.2, -0.15) is 0 Å². The fraction of sp³-hybridized carbons (Fsp3) is 0.419. The molecule has 226 valence electrons. The molecule has 3 atom stereocenters. The van der Waals surface area contributed by atoms with Crippen LogP contribution in [0.4, 0.5) is 20.3 Å². The summed E-state index contributed by atoms with van der Waals surface area (Å²) in [5.74, 6) is -0.824. The van der Waals surface area contributed by atoms with E-state index in [4.69, 9.17) is 15.6 Å². The van der Waals surface area contributed by atoms with Crippen molar-refractivity contribution in [2.45, 2.75) is 43.7 Å². The van der Waals surface area contributed by atoms with Gasteiger partial charge >= 0.3 is 5.97 Å². The summed E-state index contributed by atoms with van der Waals surface area (Å²) < 4.78 is 34.8. The van der Waals surface area contributed by atoms with Crippen LogP contribution in [0.1, 0.15) is 32.6 Å². The normalized spacial score (nSPS) is 24.8. The Morgan fingerprint density at radius 1 is 1.23 bits per heavy atom. The molecule has 3 unspecified atom stereocenters. The molecule has 0 radical (unpaired) electrons. The number of allylic oxidation sites excluding steroid dienone is 1. The van der Waals surface area contributed by atoms with Gasteiger partial charge in [-0.3, -0.25) is 14.6 Å². The van der Waals surface area contributed by atoms with Crippen molar-refractivity contribution >= 4 is 52.8 Å². The van der Waals surface area contributed by atoms with Crippen molar-refractivity contribution in [3.05, 3.63) is 60.1 Å². The van der Waals surface area contributed by atoms with Gasteiger partial charge in [-0.05, 0) is 86.2 Å². The Kier molecular flexibility index (Phi) is 9.46. The number of ketones is 1. The van der Waals surface area contributed by atoms with E-state index in [1.165, 1.54) is 37.2 Å². The summed E-state index contributed by atoms with van der Waals surface area (Å²) >= 11 is 1.47. The first-order valence-electron chi connectivity index (χ1n) is 14.2. The van der Waals surface area contributed by atoms with Crippen molar-refractivity contribution in [3.8, 4) is 0 Å². The molecule has 1 aromatic carbocycles. The average Bonchev–Trinajstić information content (AvgIpc) is 3.43. The van der Waals surface area contributed by atoms with Gasteiger partial charge in [-0.15, -0.1) is 0 Å². The van der Waals surface area contributed by atoms with Crippen molar-refractivity contribution in [3.63, 3.8) is 0 Å². The lowest BCUT2D eigenvalue weighted by Crippen LogP contribution is -2.52. The number of pyridine rings is 1. The van der Waals surface area contributed by atoms with Gasteiger partial charge in [0.25, 0.3) is 0 Å². The number of nitrogens with one attached hydrogen (secondary N) is 2. The van der Waals surface area contributed by atoms with E-state index in [1.54, 1.807) is 18.3 Å². The number of aromatic nitrogens is 1. The Labute approximate surface area is 253 Å². The fourth-order valence-electron chi connectivity index (χ4n) is 5.75. The number of carbonyl (C=O) groups is 2. The Balaban J connectivity index is 1.39. The van der Waals surface area contributed by atoms with Gasteiger partial charge < -0.3 is 20.5 Å². The van der Waals surface area contributed by atoms with Crippen molar-refractivity contribution in [2.75, 3.05) is 37.7 Å². The van der Waals surface area contributed by atoms with Crippen LogP contribution in [-0.4, -0.2) is 77.6 Å². The van der Waals surface area contributed by atoms with E-state index >= 15 is 0 Å². The highest BCUT2D eigenvalue weighted by molar-refractivity contribution is 7.97. The number of carbonyl (C=O) groups excluding carboxylic acids is 2. The average molecular weight is 609 g/mol. The van der Waals surface area contributed by atoms with Crippen LogP contribution < -0.4 is 4.90 Å². The minimum atomic E-state index is -1.09. The molecule has 43 heavy (non-hydrogen) atoms. The number of alkyl halides is 1. The first-order valence-corrected chi connectivity index (χ1v) is 15.0. The molecule has 12 heteroatoms. The number of Topliss-reactive ketones (excluding diaryl/α,β-unsaturated/α-hetero) is 1. The topological polar surface area (TPSA) is 123 Å². The Hall–Kier alpha value is -3.77. The molecule has 0 bridgehead atoms. The summed E-state index contributed by atoms with van der Waals surface area (Å²) in [6, 6.07) is 9.60. The van der Waals surface area contributed by atoms with Gasteiger partial charge in [0.15, 0.2) is 0 Å². The van der Waals surface area contributed by atoms with Gasteiger partial charge in [0.1, 0.15) is 35.6 Å². The number of esters is 1. The van der Waals surface area contributed by atoms with E-state index in [0.717, 1.165) is 16.3 Å². The third-order valence-corrected chi connectivity index (χ3v) is 8.91. The van der Waals surface area contributed by atoms with Crippen LogP contribution in [0.5, 0.6) is 0 Å². The molecule has 9 nitrogen and oxygen atoms in total. The second-order valence-corrected chi connectivity index (χ2v) is 12.4. The molecule has 2 aliphatic heterocycles. The second-order valence-electron chi connectivity index (χ2n) is 11.2.